The Bertz CT molecular complexity index is 1550. The number of rotatable bonds is 2. The maximum absolute atomic E-state index is 12.4. The van der Waals surface area contributed by atoms with E-state index in [0.29, 0.717) is 32.8 Å². The van der Waals surface area contributed by atoms with Gasteiger partial charge < -0.3 is 4.42 Å². The lowest BCUT2D eigenvalue weighted by molar-refractivity contribution is 0.559. The molecule has 0 aliphatic carbocycles. The average Bonchev–Trinajstić information content (AvgIpc) is 3.17. The predicted octanol–water partition coefficient (Wildman–Crippen LogP) is 5.46. The van der Waals surface area contributed by atoms with E-state index in [4.69, 9.17) is 16.0 Å². The van der Waals surface area contributed by atoms with Gasteiger partial charge in [-0.25, -0.2) is 14.3 Å². The van der Waals surface area contributed by atoms with Crippen molar-refractivity contribution in [1.29, 1.82) is 5.26 Å². The van der Waals surface area contributed by atoms with Gasteiger partial charge in [0.2, 0.25) is 0 Å². The first-order valence-electron chi connectivity index (χ1n) is 8.82. The van der Waals surface area contributed by atoms with E-state index >= 15 is 0 Å². The van der Waals surface area contributed by atoms with Gasteiger partial charge in [-0.1, -0.05) is 39.7 Å². The van der Waals surface area contributed by atoms with Crippen LogP contribution in [0.1, 0.15) is 5.56 Å². The highest BCUT2D eigenvalue weighted by atomic mass is 79.9. The number of benzene rings is 2. The van der Waals surface area contributed by atoms with Gasteiger partial charge in [0.15, 0.2) is 5.65 Å². The van der Waals surface area contributed by atoms with E-state index in [1.165, 1.54) is 0 Å². The standard InChI is InChI=1S/C22H10BrClN4O2/c23-14-3-6-19-16(7-14)21(17(9-25)22(29)30-19)13-10-26-20-8-18(27-28(20)11-13)12-1-4-15(24)5-2-12/h1-8,10-11H. The van der Waals surface area contributed by atoms with Gasteiger partial charge in [0.05, 0.1) is 5.69 Å². The molecular weight excluding hydrogens is 468 g/mol. The van der Waals surface area contributed by atoms with Crippen LogP contribution in [0.2, 0.25) is 5.02 Å². The Hall–Kier alpha value is -3.47. The molecule has 5 aromatic rings. The predicted molar refractivity (Wildman–Crippen MR) is 117 cm³/mol. The molecule has 0 radical (unpaired) electrons. The SMILES string of the molecule is N#Cc1c(-c2cnc3cc(-c4ccc(Cl)cc4)nn3c2)c2cc(Br)ccc2oc1=O. The van der Waals surface area contributed by atoms with Crippen LogP contribution in [0.5, 0.6) is 0 Å². The monoisotopic (exact) mass is 476 g/mol. The lowest BCUT2D eigenvalue weighted by atomic mass is 10.00. The Kier molecular flexibility index (Phi) is 4.39. The van der Waals surface area contributed by atoms with E-state index in [-0.39, 0.29) is 5.56 Å². The Morgan fingerprint density at radius 3 is 2.67 bits per heavy atom. The second kappa shape index (κ2) is 7.10. The quantitative estimate of drug-likeness (QED) is 0.315. The lowest BCUT2D eigenvalue weighted by Crippen LogP contribution is -2.07. The molecule has 0 saturated heterocycles. The zero-order valence-electron chi connectivity index (χ0n) is 15.1. The van der Waals surface area contributed by atoms with Crippen LogP contribution in [-0.2, 0) is 0 Å². The molecule has 3 aromatic heterocycles. The van der Waals surface area contributed by atoms with Crippen LogP contribution in [-0.4, -0.2) is 14.6 Å². The van der Waals surface area contributed by atoms with Gasteiger partial charge >= 0.3 is 5.63 Å². The third-order valence-corrected chi connectivity index (χ3v) is 5.47. The first-order chi connectivity index (χ1) is 14.5. The molecule has 2 aromatic carbocycles. The molecule has 0 atom stereocenters. The summed E-state index contributed by atoms with van der Waals surface area (Å²) in [7, 11) is 0. The van der Waals surface area contributed by atoms with Crippen molar-refractivity contribution in [1.82, 2.24) is 14.6 Å². The fourth-order valence-corrected chi connectivity index (χ4v) is 3.83. The van der Waals surface area contributed by atoms with Gasteiger partial charge in [-0.3, -0.25) is 0 Å². The fraction of sp³-hybridized carbons (Fsp3) is 0. The van der Waals surface area contributed by atoms with Crippen molar-refractivity contribution in [2.45, 2.75) is 0 Å². The van der Waals surface area contributed by atoms with Crippen molar-refractivity contribution >= 4 is 44.1 Å². The molecule has 0 N–H and O–H groups in total. The largest absolute Gasteiger partial charge is 0.422 e. The highest BCUT2D eigenvalue weighted by molar-refractivity contribution is 9.10. The molecule has 3 heterocycles. The third kappa shape index (κ3) is 3.07. The van der Waals surface area contributed by atoms with Gasteiger partial charge in [0.1, 0.15) is 17.2 Å². The number of halogens is 2. The zero-order chi connectivity index (χ0) is 20.8. The highest BCUT2D eigenvalue weighted by Gasteiger charge is 2.18. The summed E-state index contributed by atoms with van der Waals surface area (Å²) in [6.07, 6.45) is 3.37. The molecule has 0 bridgehead atoms. The Morgan fingerprint density at radius 2 is 1.90 bits per heavy atom. The first-order valence-corrected chi connectivity index (χ1v) is 9.99. The van der Waals surface area contributed by atoms with Crippen LogP contribution in [0.15, 0.2) is 74.6 Å². The minimum atomic E-state index is -0.690. The van der Waals surface area contributed by atoms with E-state index in [9.17, 15) is 10.1 Å². The summed E-state index contributed by atoms with van der Waals surface area (Å²) < 4.78 is 7.73. The van der Waals surface area contributed by atoms with Gasteiger partial charge in [-0.2, -0.15) is 10.4 Å². The van der Waals surface area contributed by atoms with Crippen LogP contribution >= 0.6 is 27.5 Å². The van der Waals surface area contributed by atoms with Crippen LogP contribution in [0, 0.1) is 11.3 Å². The molecule has 6 nitrogen and oxygen atoms in total. The van der Waals surface area contributed by atoms with Crippen molar-refractivity contribution in [2.24, 2.45) is 0 Å². The van der Waals surface area contributed by atoms with Crippen molar-refractivity contribution < 1.29 is 4.42 Å². The fourth-order valence-electron chi connectivity index (χ4n) is 3.34. The van der Waals surface area contributed by atoms with Crippen LogP contribution in [0.3, 0.4) is 0 Å². The summed E-state index contributed by atoms with van der Waals surface area (Å²) in [6.45, 7) is 0. The maximum atomic E-state index is 12.4. The second-order valence-electron chi connectivity index (χ2n) is 6.57. The van der Waals surface area contributed by atoms with Gasteiger partial charge in [0, 0.05) is 50.0 Å². The highest BCUT2D eigenvalue weighted by Crippen LogP contribution is 2.32. The van der Waals surface area contributed by atoms with E-state index in [1.807, 2.05) is 24.3 Å². The van der Waals surface area contributed by atoms with Gasteiger partial charge in [-0.15, -0.1) is 0 Å². The van der Waals surface area contributed by atoms with Crippen molar-refractivity contribution in [3.05, 3.63) is 86.4 Å². The van der Waals surface area contributed by atoms with Gasteiger partial charge in [0.25, 0.3) is 0 Å². The van der Waals surface area contributed by atoms with E-state index in [1.54, 1.807) is 47.2 Å². The summed E-state index contributed by atoms with van der Waals surface area (Å²) in [5.74, 6) is 0. The topological polar surface area (TPSA) is 84.2 Å². The molecule has 0 unspecified atom stereocenters. The number of aromatic nitrogens is 3. The summed E-state index contributed by atoms with van der Waals surface area (Å²) >= 11 is 9.40. The molecule has 0 fully saturated rings. The molecule has 144 valence electrons. The van der Waals surface area contributed by atoms with Crippen molar-refractivity contribution in [3.8, 4) is 28.5 Å². The minimum absolute atomic E-state index is 0.0770. The normalized spacial score (nSPS) is 11.1. The number of fused-ring (bicyclic) bond motifs is 2. The number of hydrogen-bond donors (Lipinski definition) is 0. The van der Waals surface area contributed by atoms with Gasteiger partial charge in [-0.05, 0) is 30.3 Å². The molecule has 5 rings (SSSR count). The Labute approximate surface area is 183 Å². The average molecular weight is 478 g/mol. The molecule has 0 aliphatic heterocycles. The smallest absolute Gasteiger partial charge is 0.354 e. The van der Waals surface area contributed by atoms with E-state index < -0.39 is 5.63 Å². The first kappa shape index (κ1) is 18.6. The van der Waals surface area contributed by atoms with Crippen molar-refractivity contribution in [3.63, 3.8) is 0 Å². The second-order valence-corrected chi connectivity index (χ2v) is 7.93. The van der Waals surface area contributed by atoms with Crippen LogP contribution < -0.4 is 5.63 Å². The van der Waals surface area contributed by atoms with E-state index in [0.717, 1.165) is 15.7 Å². The Morgan fingerprint density at radius 1 is 1.10 bits per heavy atom. The molecule has 30 heavy (non-hydrogen) atoms. The zero-order valence-corrected chi connectivity index (χ0v) is 17.5. The van der Waals surface area contributed by atoms with Crippen LogP contribution in [0.4, 0.5) is 0 Å². The minimum Gasteiger partial charge on any atom is -0.422 e. The maximum Gasteiger partial charge on any atom is 0.354 e. The van der Waals surface area contributed by atoms with Crippen molar-refractivity contribution in [2.75, 3.05) is 0 Å². The molecule has 0 aliphatic rings. The molecule has 0 amide bonds. The lowest BCUT2D eigenvalue weighted by Gasteiger charge is -2.08. The third-order valence-electron chi connectivity index (χ3n) is 4.72. The Balaban J connectivity index is 1.75. The van der Waals surface area contributed by atoms with E-state index in [2.05, 4.69) is 26.0 Å². The molecule has 0 saturated carbocycles. The summed E-state index contributed by atoms with van der Waals surface area (Å²) in [4.78, 5) is 16.8. The molecule has 0 spiro atoms. The number of hydrogen-bond acceptors (Lipinski definition) is 5. The van der Waals surface area contributed by atoms with Crippen LogP contribution in [0.25, 0.3) is 39.0 Å². The number of nitriles is 1. The summed E-state index contributed by atoms with van der Waals surface area (Å²) in [5.41, 5.74) is 2.94. The summed E-state index contributed by atoms with van der Waals surface area (Å²) in [6, 6.07) is 16.4. The molecule has 8 heteroatoms. The summed E-state index contributed by atoms with van der Waals surface area (Å²) in [5, 5.41) is 15.5. The molecular formula is C22H10BrClN4O2. The number of nitrogens with zero attached hydrogens (tertiary/aromatic N) is 4.